The Hall–Kier alpha value is -3.30. The average molecular weight is 501 g/mol. The number of nitrogens with one attached hydrogen (secondary N) is 1. The highest BCUT2D eigenvalue weighted by atomic mass is 32.1. The van der Waals surface area contributed by atoms with Crippen LogP contribution in [-0.2, 0) is 4.74 Å². The smallest absolute Gasteiger partial charge is 0.411 e. The topological polar surface area (TPSA) is 97.3 Å². The van der Waals surface area contributed by atoms with Crippen molar-refractivity contribution in [2.75, 3.05) is 38.8 Å². The molecule has 0 radical (unpaired) electrons. The maximum absolute atomic E-state index is 13.7. The van der Waals surface area contributed by atoms with Gasteiger partial charge >= 0.3 is 6.09 Å². The Morgan fingerprint density at radius 2 is 2.17 bits per heavy atom. The van der Waals surface area contributed by atoms with Crippen LogP contribution in [0.5, 0.6) is 11.5 Å². The lowest BCUT2D eigenvalue weighted by Crippen LogP contribution is -2.44. The molecule has 1 atom stereocenters. The first kappa shape index (κ1) is 26.3. The zero-order valence-electron chi connectivity index (χ0n) is 20.1. The number of benzene rings is 1. The van der Waals surface area contributed by atoms with Gasteiger partial charge in [0.25, 0.3) is 5.91 Å². The molecule has 1 aliphatic heterocycles. The van der Waals surface area contributed by atoms with Crippen molar-refractivity contribution in [3.05, 3.63) is 58.8 Å². The number of hydrogen-bond donors (Lipinski definition) is 2. The van der Waals surface area contributed by atoms with Crippen molar-refractivity contribution in [2.45, 2.75) is 32.2 Å². The molecule has 2 amide bonds. The van der Waals surface area contributed by atoms with Crippen molar-refractivity contribution in [1.82, 2.24) is 4.90 Å². The molecule has 9 heteroatoms. The number of nitrogens with zero attached hydrogens (tertiary/aromatic N) is 1. The lowest BCUT2D eigenvalue weighted by Gasteiger charge is -2.34. The van der Waals surface area contributed by atoms with Crippen molar-refractivity contribution in [3.8, 4) is 11.5 Å². The summed E-state index contributed by atoms with van der Waals surface area (Å²) in [7, 11) is 1.50. The molecule has 8 nitrogen and oxygen atoms in total. The maximum atomic E-state index is 13.7. The third-order valence-electron chi connectivity index (χ3n) is 5.56. The summed E-state index contributed by atoms with van der Waals surface area (Å²) in [6.45, 7) is 6.29. The molecule has 0 spiro atoms. The van der Waals surface area contributed by atoms with E-state index < -0.39 is 12.1 Å². The van der Waals surface area contributed by atoms with Crippen LogP contribution >= 0.6 is 11.3 Å². The molecule has 1 aliphatic rings. The Balaban J connectivity index is 1.94. The van der Waals surface area contributed by atoms with E-state index in [9.17, 15) is 14.7 Å². The van der Waals surface area contributed by atoms with E-state index in [1.54, 1.807) is 28.4 Å². The molecule has 35 heavy (non-hydrogen) atoms. The molecular formula is C26H32N2O6S. The molecule has 0 saturated heterocycles. The summed E-state index contributed by atoms with van der Waals surface area (Å²) in [4.78, 5) is 28.7. The van der Waals surface area contributed by atoms with E-state index in [1.807, 2.05) is 23.6 Å². The van der Waals surface area contributed by atoms with Crippen molar-refractivity contribution < 1.29 is 28.9 Å². The molecule has 3 rings (SSSR count). The van der Waals surface area contributed by atoms with Crippen molar-refractivity contribution in [2.24, 2.45) is 0 Å². The fourth-order valence-electron chi connectivity index (χ4n) is 3.76. The van der Waals surface area contributed by atoms with Gasteiger partial charge in [0.05, 0.1) is 37.6 Å². The van der Waals surface area contributed by atoms with Gasteiger partial charge < -0.3 is 24.2 Å². The van der Waals surface area contributed by atoms with Crippen molar-refractivity contribution in [1.29, 1.82) is 0 Å². The second-order valence-corrected chi connectivity index (χ2v) is 8.88. The number of anilines is 1. The largest absolute Gasteiger partial charge is 0.493 e. The van der Waals surface area contributed by atoms with E-state index in [2.05, 4.69) is 18.8 Å². The van der Waals surface area contributed by atoms with Crippen LogP contribution in [0.15, 0.2) is 48.4 Å². The first-order chi connectivity index (χ1) is 17.0. The van der Waals surface area contributed by atoms with Crippen LogP contribution in [0.4, 0.5) is 10.5 Å². The van der Waals surface area contributed by atoms with Crippen LogP contribution < -0.4 is 14.8 Å². The molecule has 1 aromatic heterocycles. The van der Waals surface area contributed by atoms with Gasteiger partial charge in [-0.1, -0.05) is 38.1 Å². The number of aliphatic hydroxyl groups excluding tert-OH is 1. The second-order valence-electron chi connectivity index (χ2n) is 7.93. The summed E-state index contributed by atoms with van der Waals surface area (Å²) in [5, 5.41) is 14.7. The SMILES string of the molecule is C=CCOC(=O)Nc1cc(OCCCC)c(OC)cc1C(=O)N1CCC(c2cccs2)=C[C@H]1CO. The minimum atomic E-state index is -0.721. The van der Waals surface area contributed by atoms with E-state index in [0.29, 0.717) is 31.1 Å². The molecule has 188 valence electrons. The third kappa shape index (κ3) is 6.64. The summed E-state index contributed by atoms with van der Waals surface area (Å²) < 4.78 is 16.4. The van der Waals surface area contributed by atoms with Crippen LogP contribution in [0, 0.1) is 0 Å². The van der Waals surface area contributed by atoms with Crippen LogP contribution in [0.1, 0.15) is 41.4 Å². The lowest BCUT2D eigenvalue weighted by molar-refractivity contribution is 0.0648. The van der Waals surface area contributed by atoms with Crippen LogP contribution in [0.3, 0.4) is 0 Å². The Labute approximate surface area is 209 Å². The number of methoxy groups -OCH3 is 1. The summed E-state index contributed by atoms with van der Waals surface area (Å²) in [6, 6.07) is 6.63. The van der Waals surface area contributed by atoms with E-state index in [1.165, 1.54) is 13.2 Å². The van der Waals surface area contributed by atoms with E-state index in [0.717, 1.165) is 23.3 Å². The fourth-order valence-corrected chi connectivity index (χ4v) is 4.54. The number of amides is 2. The minimum Gasteiger partial charge on any atom is -0.493 e. The molecule has 2 aromatic rings. The molecule has 0 fully saturated rings. The molecule has 2 N–H and O–H groups in total. The Bertz CT molecular complexity index is 1050. The van der Waals surface area contributed by atoms with Crippen molar-refractivity contribution >= 4 is 34.6 Å². The monoisotopic (exact) mass is 500 g/mol. The van der Waals surface area contributed by atoms with Gasteiger partial charge in [-0.15, -0.1) is 11.3 Å². The Morgan fingerprint density at radius 3 is 2.83 bits per heavy atom. The highest BCUT2D eigenvalue weighted by molar-refractivity contribution is 7.11. The van der Waals surface area contributed by atoms with Gasteiger partial charge in [-0.25, -0.2) is 4.79 Å². The number of aliphatic hydroxyl groups is 1. The Morgan fingerprint density at radius 1 is 1.34 bits per heavy atom. The fraction of sp³-hybridized carbons (Fsp3) is 0.385. The first-order valence-electron chi connectivity index (χ1n) is 11.6. The quantitative estimate of drug-likeness (QED) is 0.334. The number of carbonyl (C=O) groups excluding carboxylic acids is 2. The highest BCUT2D eigenvalue weighted by Gasteiger charge is 2.30. The van der Waals surface area contributed by atoms with E-state index >= 15 is 0 Å². The van der Waals surface area contributed by atoms with E-state index in [-0.39, 0.29) is 30.4 Å². The predicted molar refractivity (Wildman–Crippen MR) is 137 cm³/mol. The Kier molecular flexibility index (Phi) is 9.75. The van der Waals surface area contributed by atoms with Gasteiger partial charge in [0.2, 0.25) is 0 Å². The summed E-state index contributed by atoms with van der Waals surface area (Å²) in [6.07, 6.45) is 5.12. The molecule has 0 aliphatic carbocycles. The number of ether oxygens (including phenoxy) is 3. The lowest BCUT2D eigenvalue weighted by atomic mass is 9.99. The average Bonchev–Trinajstić information content (AvgIpc) is 3.42. The molecular weight excluding hydrogens is 468 g/mol. The van der Waals surface area contributed by atoms with Gasteiger partial charge in [0.15, 0.2) is 11.5 Å². The number of carbonyl (C=O) groups is 2. The second kappa shape index (κ2) is 13.0. The van der Waals surface area contributed by atoms with Crippen LogP contribution in [-0.4, -0.2) is 61.5 Å². The van der Waals surface area contributed by atoms with Crippen LogP contribution in [0.2, 0.25) is 0 Å². The normalized spacial score (nSPS) is 15.2. The summed E-state index contributed by atoms with van der Waals surface area (Å²) >= 11 is 1.63. The summed E-state index contributed by atoms with van der Waals surface area (Å²) in [5.74, 6) is 0.443. The molecule has 2 heterocycles. The van der Waals surface area contributed by atoms with E-state index in [4.69, 9.17) is 14.2 Å². The molecule has 1 aromatic carbocycles. The van der Waals surface area contributed by atoms with Gasteiger partial charge in [0.1, 0.15) is 6.61 Å². The zero-order valence-corrected chi connectivity index (χ0v) is 20.9. The predicted octanol–water partition coefficient (Wildman–Crippen LogP) is 4.96. The summed E-state index contributed by atoms with van der Waals surface area (Å²) in [5.41, 5.74) is 1.56. The van der Waals surface area contributed by atoms with Crippen molar-refractivity contribution in [3.63, 3.8) is 0 Å². The first-order valence-corrected chi connectivity index (χ1v) is 12.5. The van der Waals surface area contributed by atoms with Gasteiger partial charge in [-0.3, -0.25) is 10.1 Å². The molecule has 0 saturated carbocycles. The third-order valence-corrected chi connectivity index (χ3v) is 6.51. The van der Waals surface area contributed by atoms with Gasteiger partial charge in [0, 0.05) is 17.5 Å². The number of thiophene rings is 1. The number of unbranched alkanes of at least 4 members (excludes halogenated alkanes) is 1. The van der Waals surface area contributed by atoms with Crippen LogP contribution in [0.25, 0.3) is 5.57 Å². The minimum absolute atomic E-state index is 0.0279. The van der Waals surface area contributed by atoms with Gasteiger partial charge in [-0.2, -0.15) is 0 Å². The standard InChI is InChI=1S/C26H32N2O6S/c1-4-6-12-33-23-16-21(27-26(31)34-11-5-2)20(15-22(23)32-3)25(30)28-10-9-18(14-19(28)17-29)24-8-7-13-35-24/h5,7-8,13-16,19,29H,2,4,6,9-12,17H2,1,3H3,(H,27,31)/t19-/m0/s1. The highest BCUT2D eigenvalue weighted by Crippen LogP contribution is 2.36. The maximum Gasteiger partial charge on any atom is 0.411 e. The molecule has 0 bridgehead atoms. The molecule has 0 unspecified atom stereocenters. The zero-order chi connectivity index (χ0) is 25.2. The number of rotatable bonds is 11. The van der Waals surface area contributed by atoms with Gasteiger partial charge in [-0.05, 0) is 35.9 Å². The number of hydrogen-bond acceptors (Lipinski definition) is 7.